The maximum Gasteiger partial charge on any atom is 0.225 e. The van der Waals surface area contributed by atoms with E-state index in [9.17, 15) is 4.79 Å². The minimum Gasteiger partial charge on any atom is -0.357 e. The van der Waals surface area contributed by atoms with Crippen molar-refractivity contribution in [1.82, 2.24) is 20.0 Å². The lowest BCUT2D eigenvalue weighted by atomic mass is 9.84. The summed E-state index contributed by atoms with van der Waals surface area (Å²) < 4.78 is 0. The standard InChI is InChI=1S/C21H39N5OS/c1-4-22-21(26-14-15-28-19(16-26)17(2)3)23-8-9-24-10-12-25(13-11-24)20(27)18-6-5-7-18/h17-19H,4-16H2,1-3H3,(H,22,23). The quantitative estimate of drug-likeness (QED) is 0.537. The lowest BCUT2D eigenvalue weighted by Crippen LogP contribution is -2.52. The number of piperazine rings is 1. The first-order chi connectivity index (χ1) is 13.6. The van der Waals surface area contributed by atoms with E-state index in [1.807, 2.05) is 0 Å². The van der Waals surface area contributed by atoms with Gasteiger partial charge in [-0.2, -0.15) is 11.8 Å². The number of carbonyl (C=O) groups excluding carboxylic acids is 1. The summed E-state index contributed by atoms with van der Waals surface area (Å²) >= 11 is 2.10. The Morgan fingerprint density at radius 2 is 1.89 bits per heavy atom. The van der Waals surface area contributed by atoms with E-state index in [4.69, 9.17) is 4.99 Å². The lowest BCUT2D eigenvalue weighted by molar-refractivity contribution is -0.139. The van der Waals surface area contributed by atoms with Gasteiger partial charge in [-0.25, -0.2) is 0 Å². The van der Waals surface area contributed by atoms with Gasteiger partial charge in [-0.1, -0.05) is 20.3 Å². The average Bonchev–Trinajstić information content (AvgIpc) is 2.66. The molecule has 160 valence electrons. The maximum atomic E-state index is 12.4. The molecule has 1 aliphatic carbocycles. The van der Waals surface area contributed by atoms with Gasteiger partial charge in [0.25, 0.3) is 0 Å². The second-order valence-corrected chi connectivity index (χ2v) is 9.98. The van der Waals surface area contributed by atoms with Crippen LogP contribution < -0.4 is 5.32 Å². The number of carbonyl (C=O) groups is 1. The molecule has 6 nitrogen and oxygen atoms in total. The van der Waals surface area contributed by atoms with E-state index in [1.165, 1.54) is 12.2 Å². The number of nitrogens with zero attached hydrogens (tertiary/aromatic N) is 4. The SMILES string of the molecule is CCNC(=NCCN1CCN(C(=O)C2CCC2)CC1)N1CCSC(C(C)C)C1. The molecule has 1 N–H and O–H groups in total. The van der Waals surface area contributed by atoms with E-state index in [0.29, 0.717) is 23.0 Å². The molecule has 0 aromatic rings. The highest BCUT2D eigenvalue weighted by atomic mass is 32.2. The smallest absolute Gasteiger partial charge is 0.225 e. The van der Waals surface area contributed by atoms with Crippen LogP contribution in [0.2, 0.25) is 0 Å². The van der Waals surface area contributed by atoms with Crippen LogP contribution in [0.1, 0.15) is 40.0 Å². The van der Waals surface area contributed by atoms with Crippen LogP contribution in [0, 0.1) is 11.8 Å². The molecule has 0 radical (unpaired) electrons. The van der Waals surface area contributed by atoms with Crippen molar-refractivity contribution in [3.8, 4) is 0 Å². The van der Waals surface area contributed by atoms with Gasteiger partial charge in [-0.15, -0.1) is 0 Å². The Labute approximate surface area is 175 Å². The Balaban J connectivity index is 1.43. The molecule has 2 saturated heterocycles. The monoisotopic (exact) mass is 409 g/mol. The molecule has 0 bridgehead atoms. The molecule has 3 aliphatic rings. The zero-order valence-corrected chi connectivity index (χ0v) is 18.8. The number of rotatable bonds is 6. The van der Waals surface area contributed by atoms with Crippen molar-refractivity contribution in [3.63, 3.8) is 0 Å². The molecule has 7 heteroatoms. The molecule has 1 atom stereocenters. The third-order valence-corrected chi connectivity index (χ3v) is 7.83. The highest BCUT2D eigenvalue weighted by Gasteiger charge is 2.31. The molecule has 1 unspecified atom stereocenters. The summed E-state index contributed by atoms with van der Waals surface area (Å²) in [6.45, 7) is 15.4. The Morgan fingerprint density at radius 3 is 2.50 bits per heavy atom. The van der Waals surface area contributed by atoms with Crippen molar-refractivity contribution in [1.29, 1.82) is 0 Å². The fourth-order valence-electron chi connectivity index (χ4n) is 4.10. The van der Waals surface area contributed by atoms with E-state index in [0.717, 1.165) is 77.7 Å². The predicted molar refractivity (Wildman–Crippen MR) is 119 cm³/mol. The number of thioether (sulfide) groups is 1. The van der Waals surface area contributed by atoms with Gasteiger partial charge in [0.1, 0.15) is 0 Å². The molecule has 0 aromatic carbocycles. The Bertz CT molecular complexity index is 529. The normalized spacial score (nSPS) is 25.1. The number of guanidine groups is 1. The van der Waals surface area contributed by atoms with E-state index in [1.54, 1.807) is 0 Å². The van der Waals surface area contributed by atoms with Gasteiger partial charge >= 0.3 is 0 Å². The van der Waals surface area contributed by atoms with Crippen LogP contribution in [-0.2, 0) is 4.79 Å². The van der Waals surface area contributed by atoms with Crippen molar-refractivity contribution >= 4 is 23.6 Å². The van der Waals surface area contributed by atoms with Crippen LogP contribution in [0.5, 0.6) is 0 Å². The summed E-state index contributed by atoms with van der Waals surface area (Å²) in [6, 6.07) is 0. The van der Waals surface area contributed by atoms with Gasteiger partial charge in [0.2, 0.25) is 5.91 Å². The van der Waals surface area contributed by atoms with E-state index < -0.39 is 0 Å². The van der Waals surface area contributed by atoms with Crippen LogP contribution >= 0.6 is 11.8 Å². The van der Waals surface area contributed by atoms with Crippen molar-refractivity contribution < 1.29 is 4.79 Å². The van der Waals surface area contributed by atoms with Crippen LogP contribution in [-0.4, -0.2) is 96.5 Å². The van der Waals surface area contributed by atoms with Crippen molar-refractivity contribution in [2.75, 3.05) is 64.7 Å². The third kappa shape index (κ3) is 5.78. The molecule has 3 rings (SSSR count). The number of amides is 1. The fourth-order valence-corrected chi connectivity index (χ4v) is 5.40. The summed E-state index contributed by atoms with van der Waals surface area (Å²) in [4.78, 5) is 24.3. The van der Waals surface area contributed by atoms with Gasteiger partial charge in [0, 0.05) is 69.3 Å². The van der Waals surface area contributed by atoms with Crippen LogP contribution in [0.4, 0.5) is 0 Å². The summed E-state index contributed by atoms with van der Waals surface area (Å²) in [5, 5.41) is 4.19. The number of aliphatic imine (C=N–C) groups is 1. The minimum absolute atomic E-state index is 0.330. The highest BCUT2D eigenvalue weighted by Crippen LogP contribution is 2.28. The number of nitrogens with one attached hydrogen (secondary N) is 1. The van der Waals surface area contributed by atoms with Crippen molar-refractivity contribution in [2.45, 2.75) is 45.3 Å². The summed E-state index contributed by atoms with van der Waals surface area (Å²) in [6.07, 6.45) is 3.44. The van der Waals surface area contributed by atoms with E-state index in [2.05, 4.69) is 52.5 Å². The third-order valence-electron chi connectivity index (χ3n) is 6.29. The van der Waals surface area contributed by atoms with Crippen LogP contribution in [0.3, 0.4) is 0 Å². The van der Waals surface area contributed by atoms with Crippen molar-refractivity contribution in [2.24, 2.45) is 16.8 Å². The summed E-state index contributed by atoms with van der Waals surface area (Å²) in [5.74, 6) is 3.70. The highest BCUT2D eigenvalue weighted by molar-refractivity contribution is 8.00. The largest absolute Gasteiger partial charge is 0.357 e. The summed E-state index contributed by atoms with van der Waals surface area (Å²) in [5.41, 5.74) is 0. The van der Waals surface area contributed by atoms with Gasteiger partial charge in [0.05, 0.1) is 6.54 Å². The zero-order valence-electron chi connectivity index (χ0n) is 18.0. The molecule has 3 fully saturated rings. The maximum absolute atomic E-state index is 12.4. The number of hydrogen-bond acceptors (Lipinski definition) is 4. The predicted octanol–water partition coefficient (Wildman–Crippen LogP) is 1.97. The second-order valence-electron chi connectivity index (χ2n) is 8.63. The lowest BCUT2D eigenvalue weighted by Gasteiger charge is -2.38. The fraction of sp³-hybridized carbons (Fsp3) is 0.905. The van der Waals surface area contributed by atoms with E-state index >= 15 is 0 Å². The molecule has 1 saturated carbocycles. The Kier molecular flexibility index (Phi) is 8.33. The Morgan fingerprint density at radius 1 is 1.14 bits per heavy atom. The second kappa shape index (κ2) is 10.7. The van der Waals surface area contributed by atoms with Gasteiger partial charge in [-0.05, 0) is 25.7 Å². The zero-order chi connectivity index (χ0) is 19.9. The van der Waals surface area contributed by atoms with Crippen LogP contribution in [0.15, 0.2) is 4.99 Å². The first-order valence-corrected chi connectivity index (χ1v) is 12.3. The van der Waals surface area contributed by atoms with E-state index in [-0.39, 0.29) is 0 Å². The van der Waals surface area contributed by atoms with Gasteiger partial charge < -0.3 is 15.1 Å². The number of hydrogen-bond donors (Lipinski definition) is 1. The molecule has 1 amide bonds. The van der Waals surface area contributed by atoms with Crippen LogP contribution in [0.25, 0.3) is 0 Å². The molecular weight excluding hydrogens is 370 g/mol. The summed E-state index contributed by atoms with van der Waals surface area (Å²) in [7, 11) is 0. The molecular formula is C21H39N5OS. The minimum atomic E-state index is 0.330. The topological polar surface area (TPSA) is 51.2 Å². The molecule has 28 heavy (non-hydrogen) atoms. The first kappa shape index (κ1) is 21.8. The molecule has 0 aromatic heterocycles. The molecule has 0 spiro atoms. The Hall–Kier alpha value is -0.950. The van der Waals surface area contributed by atoms with Gasteiger partial charge in [0.15, 0.2) is 5.96 Å². The molecule has 2 aliphatic heterocycles. The first-order valence-electron chi connectivity index (χ1n) is 11.2. The van der Waals surface area contributed by atoms with Crippen molar-refractivity contribution in [3.05, 3.63) is 0 Å². The van der Waals surface area contributed by atoms with Gasteiger partial charge in [-0.3, -0.25) is 14.7 Å². The average molecular weight is 410 g/mol. The molecule has 2 heterocycles.